The van der Waals surface area contributed by atoms with Crippen LogP contribution in [-0.2, 0) is 4.79 Å². The van der Waals surface area contributed by atoms with Crippen molar-refractivity contribution in [3.8, 4) is 0 Å². The quantitative estimate of drug-likeness (QED) is 0.690. The zero-order valence-electron chi connectivity index (χ0n) is 12.1. The fourth-order valence-electron chi connectivity index (χ4n) is 3.07. The van der Waals surface area contributed by atoms with E-state index >= 15 is 0 Å². The number of allylic oxidation sites excluding steroid dienone is 2. The summed E-state index contributed by atoms with van der Waals surface area (Å²) in [6.45, 7) is 8.40. The predicted octanol–water partition coefficient (Wildman–Crippen LogP) is 5.07. The molecule has 0 spiro atoms. The monoisotopic (exact) mass is 276 g/mol. The first-order chi connectivity index (χ1) is 8.86. The Labute approximate surface area is 120 Å². The second-order valence-electron chi connectivity index (χ2n) is 6.20. The lowest BCUT2D eigenvalue weighted by Crippen LogP contribution is -2.25. The first-order valence-electron chi connectivity index (χ1n) is 6.79. The van der Waals surface area contributed by atoms with Gasteiger partial charge in [-0.05, 0) is 54.9 Å². The molecule has 19 heavy (non-hydrogen) atoms. The smallest absolute Gasteiger partial charge is 0.146 e. The van der Waals surface area contributed by atoms with Gasteiger partial charge in [0.15, 0.2) is 0 Å². The van der Waals surface area contributed by atoms with Gasteiger partial charge in [-0.1, -0.05) is 43.2 Å². The lowest BCUT2D eigenvalue weighted by Gasteiger charge is -2.36. The van der Waals surface area contributed by atoms with Crippen LogP contribution in [0.15, 0.2) is 29.3 Å². The summed E-state index contributed by atoms with van der Waals surface area (Å²) in [5.41, 5.74) is 4.48. The van der Waals surface area contributed by atoms with Crippen LogP contribution in [0, 0.1) is 12.3 Å². The van der Waals surface area contributed by atoms with Crippen LogP contribution >= 0.6 is 11.6 Å². The highest BCUT2D eigenvalue weighted by atomic mass is 35.5. The van der Waals surface area contributed by atoms with Gasteiger partial charge < -0.3 is 0 Å². The Balaban J connectivity index is 2.46. The summed E-state index contributed by atoms with van der Waals surface area (Å²) >= 11 is 6.22. The van der Waals surface area contributed by atoms with Crippen LogP contribution in [0.2, 0.25) is 5.02 Å². The minimum Gasteiger partial charge on any atom is -0.298 e. The molecule has 0 fully saturated rings. The number of aryl methyl sites for hydroxylation is 1. The molecule has 1 atom stereocenters. The number of hydrogen-bond donors (Lipinski definition) is 0. The minimum absolute atomic E-state index is 0.00315. The number of carbonyl (C=O) groups excluding carboxylic acids is 1. The summed E-state index contributed by atoms with van der Waals surface area (Å²) in [6, 6.07) is 6.24. The largest absolute Gasteiger partial charge is 0.298 e. The van der Waals surface area contributed by atoms with E-state index in [0.717, 1.165) is 35.3 Å². The highest BCUT2D eigenvalue weighted by Crippen LogP contribution is 2.46. The van der Waals surface area contributed by atoms with Gasteiger partial charge in [-0.15, -0.1) is 0 Å². The van der Waals surface area contributed by atoms with Crippen LogP contribution in [0.3, 0.4) is 0 Å². The average molecular weight is 277 g/mol. The Hall–Kier alpha value is -1.08. The Morgan fingerprint density at radius 3 is 2.58 bits per heavy atom. The van der Waals surface area contributed by atoms with Gasteiger partial charge in [0.25, 0.3) is 0 Å². The summed E-state index contributed by atoms with van der Waals surface area (Å²) in [4.78, 5) is 11.4. The minimum atomic E-state index is -0.00315. The fourth-order valence-corrected chi connectivity index (χ4v) is 3.26. The molecule has 0 heterocycles. The van der Waals surface area contributed by atoms with Crippen molar-refractivity contribution in [2.24, 2.45) is 5.41 Å². The van der Waals surface area contributed by atoms with Crippen LogP contribution in [0.4, 0.5) is 0 Å². The SMILES string of the molecule is CC1=C(C=O)C(C)(C)CCC1c1ccc(C)c(Cl)c1. The predicted molar refractivity (Wildman–Crippen MR) is 80.7 cm³/mol. The van der Waals surface area contributed by atoms with Crippen LogP contribution in [0.1, 0.15) is 50.7 Å². The molecule has 0 bridgehead atoms. The maximum atomic E-state index is 11.4. The van der Waals surface area contributed by atoms with Gasteiger partial charge >= 0.3 is 0 Å². The third kappa shape index (κ3) is 2.62. The molecule has 0 aliphatic heterocycles. The molecule has 0 N–H and O–H groups in total. The van der Waals surface area contributed by atoms with E-state index < -0.39 is 0 Å². The average Bonchev–Trinajstić information content (AvgIpc) is 2.33. The zero-order valence-corrected chi connectivity index (χ0v) is 12.8. The molecule has 1 aromatic carbocycles. The van der Waals surface area contributed by atoms with Gasteiger partial charge in [0.2, 0.25) is 0 Å². The van der Waals surface area contributed by atoms with E-state index in [1.165, 1.54) is 11.1 Å². The Morgan fingerprint density at radius 2 is 2.00 bits per heavy atom. The highest BCUT2D eigenvalue weighted by Gasteiger charge is 2.33. The fraction of sp³-hybridized carbons (Fsp3) is 0.471. The highest BCUT2D eigenvalue weighted by molar-refractivity contribution is 6.31. The summed E-state index contributed by atoms with van der Waals surface area (Å²) in [5.74, 6) is 0.325. The molecule has 0 amide bonds. The molecular weight excluding hydrogens is 256 g/mol. The molecule has 2 heteroatoms. The zero-order chi connectivity index (χ0) is 14.2. The molecule has 1 aromatic rings. The van der Waals surface area contributed by atoms with Crippen molar-refractivity contribution in [1.82, 2.24) is 0 Å². The van der Waals surface area contributed by atoms with E-state index in [1.54, 1.807) is 0 Å². The van der Waals surface area contributed by atoms with E-state index in [9.17, 15) is 4.79 Å². The van der Waals surface area contributed by atoms with E-state index in [-0.39, 0.29) is 5.41 Å². The van der Waals surface area contributed by atoms with Crippen LogP contribution in [0.5, 0.6) is 0 Å². The summed E-state index contributed by atoms with van der Waals surface area (Å²) in [6.07, 6.45) is 3.15. The lowest BCUT2D eigenvalue weighted by molar-refractivity contribution is -0.106. The molecular formula is C17H21ClO. The van der Waals surface area contributed by atoms with Gasteiger partial charge in [-0.25, -0.2) is 0 Å². The van der Waals surface area contributed by atoms with Crippen molar-refractivity contribution in [2.75, 3.05) is 0 Å². The molecule has 1 nitrogen and oxygen atoms in total. The normalized spacial score (nSPS) is 22.5. The maximum Gasteiger partial charge on any atom is 0.146 e. The molecule has 0 radical (unpaired) electrons. The molecule has 1 unspecified atom stereocenters. The first-order valence-corrected chi connectivity index (χ1v) is 7.17. The standard InChI is InChI=1S/C17H21ClO/c1-11-5-6-13(9-16(11)18)14-7-8-17(3,4)15(10-19)12(14)2/h5-6,9-10,14H,7-8H2,1-4H3. The van der Waals surface area contributed by atoms with Crippen molar-refractivity contribution in [1.29, 1.82) is 0 Å². The van der Waals surface area contributed by atoms with Crippen molar-refractivity contribution in [3.05, 3.63) is 45.5 Å². The molecule has 0 saturated carbocycles. The third-order valence-corrected chi connectivity index (χ3v) is 4.86. The number of hydrogen-bond acceptors (Lipinski definition) is 1. The Kier molecular flexibility index (Phi) is 3.87. The number of benzene rings is 1. The first kappa shape index (κ1) is 14.3. The van der Waals surface area contributed by atoms with Crippen LogP contribution in [-0.4, -0.2) is 6.29 Å². The topological polar surface area (TPSA) is 17.1 Å². The number of rotatable bonds is 2. The second kappa shape index (κ2) is 5.13. The van der Waals surface area contributed by atoms with Crippen molar-refractivity contribution < 1.29 is 4.79 Å². The van der Waals surface area contributed by atoms with Gasteiger partial charge in [0.1, 0.15) is 6.29 Å². The van der Waals surface area contributed by atoms with Crippen molar-refractivity contribution in [3.63, 3.8) is 0 Å². The van der Waals surface area contributed by atoms with Gasteiger partial charge in [0.05, 0.1) is 0 Å². The molecule has 1 aliphatic rings. The van der Waals surface area contributed by atoms with Crippen molar-refractivity contribution in [2.45, 2.75) is 46.5 Å². The lowest BCUT2D eigenvalue weighted by atomic mass is 9.68. The third-order valence-electron chi connectivity index (χ3n) is 4.45. The van der Waals surface area contributed by atoms with Crippen LogP contribution in [0.25, 0.3) is 0 Å². The second-order valence-corrected chi connectivity index (χ2v) is 6.61. The number of aldehydes is 1. The van der Waals surface area contributed by atoms with E-state index in [0.29, 0.717) is 5.92 Å². The number of halogens is 1. The molecule has 0 saturated heterocycles. The summed E-state index contributed by atoms with van der Waals surface area (Å²) < 4.78 is 0. The van der Waals surface area contributed by atoms with Crippen molar-refractivity contribution >= 4 is 17.9 Å². The molecule has 2 rings (SSSR count). The molecule has 102 valence electrons. The summed E-state index contributed by atoms with van der Waals surface area (Å²) in [5, 5.41) is 0.808. The molecule has 1 aliphatic carbocycles. The molecule has 0 aromatic heterocycles. The van der Waals surface area contributed by atoms with E-state index in [2.05, 4.69) is 32.9 Å². The van der Waals surface area contributed by atoms with Gasteiger partial charge in [-0.3, -0.25) is 4.79 Å². The summed E-state index contributed by atoms with van der Waals surface area (Å²) in [7, 11) is 0. The van der Waals surface area contributed by atoms with Gasteiger partial charge in [0, 0.05) is 10.9 Å². The van der Waals surface area contributed by atoms with Crippen LogP contribution < -0.4 is 0 Å². The van der Waals surface area contributed by atoms with Gasteiger partial charge in [-0.2, -0.15) is 0 Å². The Bertz CT molecular complexity index is 540. The maximum absolute atomic E-state index is 11.4. The Morgan fingerprint density at radius 1 is 1.32 bits per heavy atom. The van der Waals surface area contributed by atoms with E-state index in [4.69, 9.17) is 11.6 Å². The number of carbonyl (C=O) groups is 1. The van der Waals surface area contributed by atoms with E-state index in [1.807, 2.05) is 13.0 Å².